The van der Waals surface area contributed by atoms with Crippen molar-refractivity contribution in [2.45, 2.75) is 19.4 Å². The molecule has 1 rings (SSSR count). The highest BCUT2D eigenvalue weighted by Gasteiger charge is 2.15. The first-order valence-corrected chi connectivity index (χ1v) is 3.80. The largest absolute Gasteiger partial charge is 0.457 e. The Balaban J connectivity index is 2.30. The van der Waals surface area contributed by atoms with Crippen molar-refractivity contribution < 1.29 is 14.3 Å². The summed E-state index contributed by atoms with van der Waals surface area (Å²) in [5.41, 5.74) is 0. The van der Waals surface area contributed by atoms with Crippen LogP contribution in [0.25, 0.3) is 0 Å². The van der Waals surface area contributed by atoms with Crippen LogP contribution in [0, 0.1) is 0 Å². The summed E-state index contributed by atoms with van der Waals surface area (Å²) < 4.78 is 4.90. The van der Waals surface area contributed by atoms with Gasteiger partial charge in [0.15, 0.2) is 0 Å². The minimum Gasteiger partial charge on any atom is -0.457 e. The first kappa shape index (κ1) is 8.77. The van der Waals surface area contributed by atoms with E-state index < -0.39 is 0 Å². The van der Waals surface area contributed by atoms with Gasteiger partial charge in [-0.2, -0.15) is 0 Å². The summed E-state index contributed by atoms with van der Waals surface area (Å²) in [7, 11) is 0. The number of cyclic esters (lactones) is 1. The van der Waals surface area contributed by atoms with Gasteiger partial charge in [-0.05, 0) is 0 Å². The number of amides is 1. The molecule has 0 aromatic rings. The topological polar surface area (TPSA) is 55.4 Å². The number of ether oxygens (including phenoxy) is 1. The number of carbonyl (C=O) groups is 2. The Hall–Kier alpha value is -1.32. The van der Waals surface area contributed by atoms with Crippen molar-refractivity contribution >= 4 is 11.9 Å². The van der Waals surface area contributed by atoms with Crippen LogP contribution in [0.15, 0.2) is 12.2 Å². The summed E-state index contributed by atoms with van der Waals surface area (Å²) in [6, 6.07) is 0. The first-order chi connectivity index (χ1) is 5.68. The zero-order valence-corrected chi connectivity index (χ0v) is 6.87. The number of esters is 1. The van der Waals surface area contributed by atoms with E-state index in [-0.39, 0.29) is 18.0 Å². The molecule has 0 aromatic heterocycles. The van der Waals surface area contributed by atoms with E-state index in [9.17, 15) is 9.59 Å². The van der Waals surface area contributed by atoms with Crippen molar-refractivity contribution in [3.05, 3.63) is 12.2 Å². The smallest absolute Gasteiger partial charge is 0.330 e. The molecule has 0 aromatic carbocycles. The van der Waals surface area contributed by atoms with Gasteiger partial charge in [0.2, 0.25) is 5.91 Å². The van der Waals surface area contributed by atoms with Crippen molar-refractivity contribution in [3.8, 4) is 0 Å². The van der Waals surface area contributed by atoms with Crippen LogP contribution in [0.5, 0.6) is 0 Å². The van der Waals surface area contributed by atoms with Crippen molar-refractivity contribution in [3.63, 3.8) is 0 Å². The lowest BCUT2D eigenvalue weighted by Crippen LogP contribution is -2.34. The molecule has 0 bridgehead atoms. The van der Waals surface area contributed by atoms with E-state index in [1.54, 1.807) is 6.08 Å². The number of nitrogens with one attached hydrogen (secondary N) is 1. The first-order valence-electron chi connectivity index (χ1n) is 3.80. The molecule has 1 N–H and O–H groups in total. The van der Waals surface area contributed by atoms with Crippen molar-refractivity contribution in [1.29, 1.82) is 0 Å². The van der Waals surface area contributed by atoms with Crippen molar-refractivity contribution in [2.24, 2.45) is 0 Å². The number of hydrogen-bond acceptors (Lipinski definition) is 3. The third-order valence-corrected chi connectivity index (χ3v) is 1.51. The van der Waals surface area contributed by atoms with E-state index in [2.05, 4.69) is 5.32 Å². The second kappa shape index (κ2) is 3.90. The zero-order chi connectivity index (χ0) is 8.97. The summed E-state index contributed by atoms with van der Waals surface area (Å²) in [5.74, 6) is -0.447. The van der Waals surface area contributed by atoms with Crippen LogP contribution < -0.4 is 5.32 Å². The molecule has 0 saturated heterocycles. The summed E-state index contributed by atoms with van der Waals surface area (Å²) in [5, 5.41) is 2.59. The fraction of sp³-hybridized carbons (Fsp3) is 0.500. The number of rotatable bonds is 2. The monoisotopic (exact) mass is 169 g/mol. The van der Waals surface area contributed by atoms with Gasteiger partial charge >= 0.3 is 5.97 Å². The fourth-order valence-electron chi connectivity index (χ4n) is 0.950. The van der Waals surface area contributed by atoms with E-state index >= 15 is 0 Å². The van der Waals surface area contributed by atoms with Crippen LogP contribution >= 0.6 is 0 Å². The second-order valence-electron chi connectivity index (χ2n) is 2.63. The average molecular weight is 169 g/mol. The Labute approximate surface area is 70.6 Å². The Morgan fingerprint density at radius 1 is 1.83 bits per heavy atom. The normalized spacial score (nSPS) is 21.8. The van der Waals surface area contributed by atoms with E-state index in [0.29, 0.717) is 13.0 Å². The lowest BCUT2D eigenvalue weighted by Gasteiger charge is -2.18. The molecule has 0 fully saturated rings. The summed E-state index contributed by atoms with van der Waals surface area (Å²) in [4.78, 5) is 21.2. The lowest BCUT2D eigenvalue weighted by atomic mass is 10.2. The molecular formula is C8H11NO3. The van der Waals surface area contributed by atoms with Crippen LogP contribution in [-0.4, -0.2) is 24.5 Å². The third-order valence-electron chi connectivity index (χ3n) is 1.51. The molecule has 4 nitrogen and oxygen atoms in total. The standard InChI is InChI=1S/C8H11NO3/c1-6(10)9-5-7-3-2-4-8(11)12-7/h2,4,7H,3,5H2,1H3,(H,9,10)/t7-/m1/s1. The van der Waals surface area contributed by atoms with E-state index in [0.717, 1.165) is 0 Å². The van der Waals surface area contributed by atoms with Gasteiger partial charge in [-0.25, -0.2) is 4.79 Å². The van der Waals surface area contributed by atoms with Gasteiger partial charge in [0.05, 0.1) is 6.54 Å². The molecule has 0 saturated carbocycles. The van der Waals surface area contributed by atoms with Gasteiger partial charge in [-0.1, -0.05) is 6.08 Å². The molecule has 4 heteroatoms. The predicted octanol–water partition coefficient (Wildman–Crippen LogP) is -0.00580. The molecule has 1 aliphatic rings. The highest BCUT2D eigenvalue weighted by Crippen LogP contribution is 2.05. The molecule has 0 unspecified atom stereocenters. The molecule has 0 aliphatic carbocycles. The minimum absolute atomic E-state index is 0.111. The summed E-state index contributed by atoms with van der Waals surface area (Å²) >= 11 is 0. The highest BCUT2D eigenvalue weighted by atomic mass is 16.5. The minimum atomic E-state index is -0.336. The van der Waals surface area contributed by atoms with Crippen LogP contribution in [-0.2, 0) is 14.3 Å². The number of carbonyl (C=O) groups excluding carboxylic acids is 2. The molecule has 66 valence electrons. The average Bonchev–Trinajstić information content (AvgIpc) is 2.01. The molecule has 1 aliphatic heterocycles. The number of hydrogen-bond donors (Lipinski definition) is 1. The SMILES string of the molecule is CC(=O)NC[C@H]1CC=CC(=O)O1. The van der Waals surface area contributed by atoms with Gasteiger partial charge in [-0.15, -0.1) is 0 Å². The maximum absolute atomic E-state index is 10.7. The van der Waals surface area contributed by atoms with Gasteiger partial charge in [0, 0.05) is 19.4 Å². The third kappa shape index (κ3) is 2.74. The molecule has 12 heavy (non-hydrogen) atoms. The quantitative estimate of drug-likeness (QED) is 0.592. The van der Waals surface area contributed by atoms with Gasteiger partial charge < -0.3 is 10.1 Å². The van der Waals surface area contributed by atoms with Gasteiger partial charge in [-0.3, -0.25) is 4.79 Å². The van der Waals surface area contributed by atoms with Crippen molar-refractivity contribution in [2.75, 3.05) is 6.54 Å². The van der Waals surface area contributed by atoms with Crippen LogP contribution in [0.1, 0.15) is 13.3 Å². The molecule has 1 amide bonds. The van der Waals surface area contributed by atoms with E-state index in [4.69, 9.17) is 4.74 Å². The highest BCUT2D eigenvalue weighted by molar-refractivity contribution is 5.82. The Morgan fingerprint density at radius 2 is 2.58 bits per heavy atom. The Morgan fingerprint density at radius 3 is 3.17 bits per heavy atom. The van der Waals surface area contributed by atoms with Crippen molar-refractivity contribution in [1.82, 2.24) is 5.32 Å². The summed E-state index contributed by atoms with van der Waals surface area (Å²) in [6.07, 6.45) is 3.61. The Bertz CT molecular complexity index is 222. The maximum Gasteiger partial charge on any atom is 0.330 e. The molecule has 1 heterocycles. The zero-order valence-electron chi connectivity index (χ0n) is 6.87. The van der Waals surface area contributed by atoms with Crippen LogP contribution in [0.2, 0.25) is 0 Å². The van der Waals surface area contributed by atoms with Gasteiger partial charge in [0.1, 0.15) is 6.10 Å². The van der Waals surface area contributed by atoms with Gasteiger partial charge in [0.25, 0.3) is 0 Å². The van der Waals surface area contributed by atoms with Crippen LogP contribution in [0.3, 0.4) is 0 Å². The lowest BCUT2D eigenvalue weighted by molar-refractivity contribution is -0.144. The molecule has 1 atom stereocenters. The molecular weight excluding hydrogens is 158 g/mol. The van der Waals surface area contributed by atoms with Crippen LogP contribution in [0.4, 0.5) is 0 Å². The fourth-order valence-corrected chi connectivity index (χ4v) is 0.950. The van der Waals surface area contributed by atoms with E-state index in [1.807, 2.05) is 0 Å². The summed E-state index contributed by atoms with van der Waals surface area (Å²) in [6.45, 7) is 1.83. The Kier molecular flexibility index (Phi) is 2.85. The molecule has 0 radical (unpaired) electrons. The maximum atomic E-state index is 10.7. The second-order valence-corrected chi connectivity index (χ2v) is 2.63. The van der Waals surface area contributed by atoms with E-state index in [1.165, 1.54) is 13.0 Å². The molecule has 0 spiro atoms. The predicted molar refractivity (Wildman–Crippen MR) is 42.3 cm³/mol.